The van der Waals surface area contributed by atoms with Crippen molar-refractivity contribution < 1.29 is 19.2 Å². The number of benzene rings is 2. The van der Waals surface area contributed by atoms with Gasteiger partial charge in [-0.3, -0.25) is 24.6 Å². The SMILES string of the molecule is COc1ccc(Cl)cc1CN1CCN(C(=O)CNC(=O)c2cccc([N+](=O)[O-])c2)CC1. The number of halogens is 1. The van der Waals surface area contributed by atoms with Gasteiger partial charge in [0, 0.05) is 61.0 Å². The Labute approximate surface area is 184 Å². The molecule has 2 aromatic carbocycles. The molecule has 0 spiro atoms. The van der Waals surface area contributed by atoms with Crippen LogP contribution in [0.3, 0.4) is 0 Å². The number of hydrogen-bond donors (Lipinski definition) is 1. The predicted molar refractivity (Wildman–Crippen MR) is 115 cm³/mol. The fourth-order valence-electron chi connectivity index (χ4n) is 3.40. The maximum Gasteiger partial charge on any atom is 0.270 e. The number of hydrogen-bond acceptors (Lipinski definition) is 6. The van der Waals surface area contributed by atoms with Gasteiger partial charge in [-0.05, 0) is 24.3 Å². The van der Waals surface area contributed by atoms with E-state index < -0.39 is 10.8 Å². The molecule has 2 aromatic rings. The Kier molecular flexibility index (Phi) is 7.43. The van der Waals surface area contributed by atoms with E-state index in [4.69, 9.17) is 16.3 Å². The zero-order valence-electron chi connectivity index (χ0n) is 17.0. The minimum atomic E-state index is -0.569. The van der Waals surface area contributed by atoms with Crippen LogP contribution in [0.15, 0.2) is 42.5 Å². The molecule has 3 rings (SSSR count). The monoisotopic (exact) mass is 446 g/mol. The van der Waals surface area contributed by atoms with Crippen LogP contribution in [0.25, 0.3) is 0 Å². The standard InChI is InChI=1S/C21H23ClN4O5/c1-31-19-6-5-17(22)11-16(19)14-24-7-9-25(10-8-24)20(27)13-23-21(28)15-3-2-4-18(12-15)26(29)30/h2-6,11-12H,7-10,13-14H2,1H3,(H,23,28). The van der Waals surface area contributed by atoms with Crippen LogP contribution in [0.2, 0.25) is 5.02 Å². The van der Waals surface area contributed by atoms with Crippen molar-refractivity contribution >= 4 is 29.1 Å². The van der Waals surface area contributed by atoms with Crippen molar-refractivity contribution in [1.82, 2.24) is 15.1 Å². The Hall–Kier alpha value is -3.17. The predicted octanol–water partition coefficient (Wildman–Crippen LogP) is 2.33. The van der Waals surface area contributed by atoms with Crippen molar-refractivity contribution in [1.29, 1.82) is 0 Å². The van der Waals surface area contributed by atoms with Crippen molar-refractivity contribution in [3.8, 4) is 5.75 Å². The number of ether oxygens (including phenoxy) is 1. The van der Waals surface area contributed by atoms with Crippen LogP contribution in [-0.4, -0.2) is 66.4 Å². The fourth-order valence-corrected chi connectivity index (χ4v) is 3.59. The third-order valence-electron chi connectivity index (χ3n) is 5.08. The first kappa shape index (κ1) is 22.5. The maximum absolute atomic E-state index is 12.5. The number of amides is 2. The molecule has 1 aliphatic rings. The lowest BCUT2D eigenvalue weighted by atomic mass is 10.1. The van der Waals surface area contributed by atoms with E-state index in [1.165, 1.54) is 24.3 Å². The van der Waals surface area contributed by atoms with Crippen LogP contribution in [-0.2, 0) is 11.3 Å². The lowest BCUT2D eigenvalue weighted by Gasteiger charge is -2.35. The number of rotatable bonds is 7. The van der Waals surface area contributed by atoms with E-state index in [-0.39, 0.29) is 23.7 Å². The first-order valence-corrected chi connectivity index (χ1v) is 10.1. The molecule has 1 saturated heterocycles. The van der Waals surface area contributed by atoms with E-state index in [0.29, 0.717) is 37.7 Å². The second-order valence-corrected chi connectivity index (χ2v) is 7.54. The minimum Gasteiger partial charge on any atom is -0.496 e. The Balaban J connectivity index is 1.48. The highest BCUT2D eigenvalue weighted by Crippen LogP contribution is 2.24. The smallest absolute Gasteiger partial charge is 0.270 e. The van der Waals surface area contributed by atoms with Gasteiger partial charge >= 0.3 is 0 Å². The molecule has 0 bridgehead atoms. The van der Waals surface area contributed by atoms with Gasteiger partial charge in [-0.25, -0.2) is 0 Å². The second kappa shape index (κ2) is 10.2. The summed E-state index contributed by atoms with van der Waals surface area (Å²) < 4.78 is 5.39. The first-order chi connectivity index (χ1) is 14.9. The lowest BCUT2D eigenvalue weighted by molar-refractivity contribution is -0.384. The maximum atomic E-state index is 12.5. The van der Waals surface area contributed by atoms with Gasteiger partial charge in [-0.2, -0.15) is 0 Å². The van der Waals surface area contributed by atoms with Crippen LogP contribution in [0.1, 0.15) is 15.9 Å². The molecule has 1 fully saturated rings. The van der Waals surface area contributed by atoms with E-state index in [0.717, 1.165) is 11.3 Å². The zero-order valence-corrected chi connectivity index (χ0v) is 17.8. The molecule has 0 saturated carbocycles. The summed E-state index contributed by atoms with van der Waals surface area (Å²) >= 11 is 6.09. The number of nitro groups is 1. The molecule has 164 valence electrons. The van der Waals surface area contributed by atoms with E-state index >= 15 is 0 Å². The van der Waals surface area contributed by atoms with Gasteiger partial charge in [0.25, 0.3) is 11.6 Å². The summed E-state index contributed by atoms with van der Waals surface area (Å²) in [6.07, 6.45) is 0. The third-order valence-corrected chi connectivity index (χ3v) is 5.32. The highest BCUT2D eigenvalue weighted by Gasteiger charge is 2.22. The minimum absolute atomic E-state index is 0.141. The molecule has 2 amide bonds. The summed E-state index contributed by atoms with van der Waals surface area (Å²) in [5, 5.41) is 14.0. The van der Waals surface area contributed by atoms with Crippen molar-refractivity contribution in [2.75, 3.05) is 39.8 Å². The van der Waals surface area contributed by atoms with Crippen LogP contribution in [0, 0.1) is 10.1 Å². The molecule has 0 atom stereocenters. The highest BCUT2D eigenvalue weighted by molar-refractivity contribution is 6.30. The fraction of sp³-hybridized carbons (Fsp3) is 0.333. The first-order valence-electron chi connectivity index (χ1n) is 9.72. The zero-order chi connectivity index (χ0) is 22.4. The Bertz CT molecular complexity index is 976. The summed E-state index contributed by atoms with van der Waals surface area (Å²) in [6, 6.07) is 10.9. The summed E-state index contributed by atoms with van der Waals surface area (Å²) in [7, 11) is 1.62. The van der Waals surface area contributed by atoms with Gasteiger partial charge in [0.15, 0.2) is 0 Å². The molecule has 1 aliphatic heterocycles. The summed E-state index contributed by atoms with van der Waals surface area (Å²) in [5.74, 6) is 0.0503. The average Bonchev–Trinajstić information content (AvgIpc) is 2.78. The normalized spacial score (nSPS) is 14.2. The molecule has 0 unspecified atom stereocenters. The third kappa shape index (κ3) is 5.93. The molecule has 31 heavy (non-hydrogen) atoms. The largest absolute Gasteiger partial charge is 0.496 e. The van der Waals surface area contributed by atoms with Gasteiger partial charge in [-0.1, -0.05) is 17.7 Å². The number of methoxy groups -OCH3 is 1. The van der Waals surface area contributed by atoms with E-state index in [9.17, 15) is 19.7 Å². The Morgan fingerprint density at radius 1 is 1.16 bits per heavy atom. The van der Waals surface area contributed by atoms with Gasteiger partial charge in [0.2, 0.25) is 5.91 Å². The number of carbonyl (C=O) groups excluding carboxylic acids is 2. The lowest BCUT2D eigenvalue weighted by Crippen LogP contribution is -2.50. The number of nitro benzene ring substituents is 1. The van der Waals surface area contributed by atoms with Gasteiger partial charge in [0.05, 0.1) is 18.6 Å². The molecular formula is C21H23ClN4O5. The van der Waals surface area contributed by atoms with Crippen molar-refractivity contribution in [3.05, 3.63) is 68.7 Å². The van der Waals surface area contributed by atoms with Crippen molar-refractivity contribution in [2.24, 2.45) is 0 Å². The topological polar surface area (TPSA) is 105 Å². The molecule has 0 aromatic heterocycles. The van der Waals surface area contributed by atoms with E-state index in [1.807, 2.05) is 12.1 Å². The van der Waals surface area contributed by atoms with Crippen molar-refractivity contribution in [2.45, 2.75) is 6.54 Å². The molecule has 0 aliphatic carbocycles. The molecule has 0 radical (unpaired) electrons. The number of non-ortho nitro benzene ring substituents is 1. The van der Waals surface area contributed by atoms with E-state index in [2.05, 4.69) is 10.2 Å². The number of nitrogens with one attached hydrogen (secondary N) is 1. The molecular weight excluding hydrogens is 424 g/mol. The summed E-state index contributed by atoms with van der Waals surface area (Å²) in [6.45, 7) is 2.93. The Morgan fingerprint density at radius 3 is 2.58 bits per heavy atom. The number of carbonyl (C=O) groups is 2. The quantitative estimate of drug-likeness (QED) is 0.517. The highest BCUT2D eigenvalue weighted by atomic mass is 35.5. The van der Waals surface area contributed by atoms with Crippen LogP contribution in [0.5, 0.6) is 5.75 Å². The summed E-state index contributed by atoms with van der Waals surface area (Å²) in [5.41, 5.74) is 0.952. The molecule has 10 heteroatoms. The van der Waals surface area contributed by atoms with Gasteiger partial charge < -0.3 is 15.0 Å². The second-order valence-electron chi connectivity index (χ2n) is 7.10. The van der Waals surface area contributed by atoms with Gasteiger partial charge in [0.1, 0.15) is 5.75 Å². The molecule has 1 N–H and O–H groups in total. The Morgan fingerprint density at radius 2 is 1.90 bits per heavy atom. The number of piperazine rings is 1. The molecule has 9 nitrogen and oxygen atoms in total. The molecule has 1 heterocycles. The summed E-state index contributed by atoms with van der Waals surface area (Å²) in [4.78, 5) is 38.9. The van der Waals surface area contributed by atoms with Crippen LogP contribution >= 0.6 is 11.6 Å². The van der Waals surface area contributed by atoms with E-state index in [1.54, 1.807) is 18.1 Å². The van der Waals surface area contributed by atoms with Crippen LogP contribution < -0.4 is 10.1 Å². The van der Waals surface area contributed by atoms with Crippen LogP contribution in [0.4, 0.5) is 5.69 Å². The van der Waals surface area contributed by atoms with Crippen molar-refractivity contribution in [3.63, 3.8) is 0 Å². The average molecular weight is 447 g/mol. The number of nitrogens with zero attached hydrogens (tertiary/aromatic N) is 3. The van der Waals surface area contributed by atoms with Gasteiger partial charge in [-0.15, -0.1) is 0 Å².